The van der Waals surface area contributed by atoms with Crippen LogP contribution in [0.2, 0.25) is 5.02 Å². The maximum absolute atomic E-state index is 13.4. The third-order valence-corrected chi connectivity index (χ3v) is 4.95. The third kappa shape index (κ3) is 4.02. The van der Waals surface area contributed by atoms with Gasteiger partial charge in [0.05, 0.1) is 0 Å². The summed E-state index contributed by atoms with van der Waals surface area (Å²) in [6.07, 6.45) is 0. The summed E-state index contributed by atoms with van der Waals surface area (Å²) in [7, 11) is 0. The SMILES string of the molecule is CC(=O)Oc1ccc(Cl)cc1-n1nc(-c2ccccc2)c(-c2ccccc2)c(C#N)c1=O. The molecule has 0 saturated carbocycles. The van der Waals surface area contributed by atoms with E-state index in [0.29, 0.717) is 27.4 Å². The van der Waals surface area contributed by atoms with Crippen molar-refractivity contribution >= 4 is 17.6 Å². The van der Waals surface area contributed by atoms with E-state index in [2.05, 4.69) is 5.10 Å². The minimum Gasteiger partial charge on any atom is -0.424 e. The van der Waals surface area contributed by atoms with Crippen LogP contribution >= 0.6 is 11.6 Å². The van der Waals surface area contributed by atoms with Crippen LogP contribution in [0, 0.1) is 11.3 Å². The van der Waals surface area contributed by atoms with Crippen molar-refractivity contribution in [1.29, 1.82) is 5.26 Å². The van der Waals surface area contributed by atoms with E-state index in [1.807, 2.05) is 66.7 Å². The summed E-state index contributed by atoms with van der Waals surface area (Å²) in [6, 6.07) is 24.9. The number of nitriles is 1. The molecule has 3 aromatic carbocycles. The number of esters is 1. The van der Waals surface area contributed by atoms with E-state index >= 15 is 0 Å². The first-order valence-corrected chi connectivity index (χ1v) is 10.0. The molecule has 0 saturated heterocycles. The maximum atomic E-state index is 13.4. The molecule has 0 aliphatic carbocycles. The van der Waals surface area contributed by atoms with Crippen LogP contribution in [0.15, 0.2) is 83.7 Å². The largest absolute Gasteiger partial charge is 0.424 e. The lowest BCUT2D eigenvalue weighted by atomic mass is 9.96. The van der Waals surface area contributed by atoms with Gasteiger partial charge in [0.2, 0.25) is 0 Å². The van der Waals surface area contributed by atoms with Crippen LogP contribution in [0.5, 0.6) is 5.75 Å². The Labute approximate surface area is 188 Å². The monoisotopic (exact) mass is 441 g/mol. The van der Waals surface area contributed by atoms with E-state index in [4.69, 9.17) is 16.3 Å². The van der Waals surface area contributed by atoms with Crippen LogP contribution in [-0.2, 0) is 4.79 Å². The molecule has 0 N–H and O–H groups in total. The third-order valence-electron chi connectivity index (χ3n) is 4.72. The van der Waals surface area contributed by atoms with E-state index in [9.17, 15) is 14.9 Å². The van der Waals surface area contributed by atoms with Crippen molar-refractivity contribution in [2.24, 2.45) is 0 Å². The Hall–Kier alpha value is -4.21. The summed E-state index contributed by atoms with van der Waals surface area (Å²) >= 11 is 6.16. The molecule has 0 amide bonds. The van der Waals surface area contributed by atoms with Crippen LogP contribution in [-0.4, -0.2) is 15.7 Å². The molecule has 1 heterocycles. The van der Waals surface area contributed by atoms with Crippen molar-refractivity contribution in [2.45, 2.75) is 6.92 Å². The van der Waals surface area contributed by atoms with Crippen molar-refractivity contribution < 1.29 is 9.53 Å². The van der Waals surface area contributed by atoms with Gasteiger partial charge in [-0.3, -0.25) is 9.59 Å². The Morgan fingerprint density at radius 2 is 1.62 bits per heavy atom. The van der Waals surface area contributed by atoms with Crippen molar-refractivity contribution in [3.63, 3.8) is 0 Å². The van der Waals surface area contributed by atoms with Crippen LogP contribution < -0.4 is 10.3 Å². The van der Waals surface area contributed by atoms with Gasteiger partial charge in [0.15, 0.2) is 5.75 Å². The van der Waals surface area contributed by atoms with Gasteiger partial charge in [0, 0.05) is 23.1 Å². The van der Waals surface area contributed by atoms with Crippen molar-refractivity contribution in [3.05, 3.63) is 99.8 Å². The fourth-order valence-electron chi connectivity index (χ4n) is 3.37. The first kappa shape index (κ1) is 21.0. The molecule has 7 heteroatoms. The van der Waals surface area contributed by atoms with E-state index < -0.39 is 11.5 Å². The molecule has 0 unspecified atom stereocenters. The lowest BCUT2D eigenvalue weighted by Crippen LogP contribution is -2.26. The highest BCUT2D eigenvalue weighted by atomic mass is 35.5. The second-order valence-corrected chi connectivity index (χ2v) is 7.30. The van der Waals surface area contributed by atoms with Gasteiger partial charge in [-0.05, 0) is 23.8 Å². The number of aromatic nitrogens is 2. The Bertz CT molecular complexity index is 1410. The van der Waals surface area contributed by atoms with Crippen molar-refractivity contribution in [1.82, 2.24) is 9.78 Å². The number of carbonyl (C=O) groups is 1. The topological polar surface area (TPSA) is 85.0 Å². The lowest BCUT2D eigenvalue weighted by molar-refractivity contribution is -0.131. The molecule has 0 atom stereocenters. The van der Waals surface area contributed by atoms with Gasteiger partial charge in [-0.25, -0.2) is 0 Å². The maximum Gasteiger partial charge on any atom is 0.308 e. The zero-order valence-corrected chi connectivity index (χ0v) is 17.7. The van der Waals surface area contributed by atoms with Crippen molar-refractivity contribution in [3.8, 4) is 39.9 Å². The van der Waals surface area contributed by atoms with E-state index in [1.165, 1.54) is 25.1 Å². The average Bonchev–Trinajstić information content (AvgIpc) is 2.81. The van der Waals surface area contributed by atoms with Crippen molar-refractivity contribution in [2.75, 3.05) is 0 Å². The van der Waals surface area contributed by atoms with E-state index in [1.54, 1.807) is 0 Å². The van der Waals surface area contributed by atoms with Gasteiger partial charge in [-0.2, -0.15) is 15.0 Å². The lowest BCUT2D eigenvalue weighted by Gasteiger charge is -2.16. The molecule has 32 heavy (non-hydrogen) atoms. The summed E-state index contributed by atoms with van der Waals surface area (Å²) in [5, 5.41) is 14.9. The number of halogens is 1. The number of carbonyl (C=O) groups excluding carboxylic acids is 1. The molecule has 1 aromatic heterocycles. The molecule has 0 aliphatic heterocycles. The Morgan fingerprint density at radius 1 is 1.00 bits per heavy atom. The molecule has 0 bridgehead atoms. The highest BCUT2D eigenvalue weighted by molar-refractivity contribution is 6.30. The molecule has 4 aromatic rings. The normalized spacial score (nSPS) is 10.4. The Morgan fingerprint density at radius 3 is 2.22 bits per heavy atom. The summed E-state index contributed by atoms with van der Waals surface area (Å²) < 4.78 is 6.32. The molecule has 0 fully saturated rings. The first-order chi connectivity index (χ1) is 15.5. The number of rotatable bonds is 4. The number of hydrogen-bond acceptors (Lipinski definition) is 5. The smallest absolute Gasteiger partial charge is 0.308 e. The van der Waals surface area contributed by atoms with Gasteiger partial charge in [0.1, 0.15) is 23.0 Å². The minimum atomic E-state index is -0.651. The van der Waals surface area contributed by atoms with Gasteiger partial charge < -0.3 is 4.74 Å². The van der Waals surface area contributed by atoms with Crippen LogP contribution in [0.25, 0.3) is 28.1 Å². The Kier molecular flexibility index (Phi) is 5.84. The first-order valence-electron chi connectivity index (χ1n) is 9.66. The summed E-state index contributed by atoms with van der Waals surface area (Å²) in [5.41, 5.74) is 1.68. The fraction of sp³-hybridized carbons (Fsp3) is 0.0400. The van der Waals surface area contributed by atoms with Gasteiger partial charge in [-0.1, -0.05) is 72.3 Å². The highest BCUT2D eigenvalue weighted by Gasteiger charge is 2.22. The summed E-state index contributed by atoms with van der Waals surface area (Å²) in [4.78, 5) is 25.0. The number of hydrogen-bond donors (Lipinski definition) is 0. The zero-order chi connectivity index (χ0) is 22.7. The second-order valence-electron chi connectivity index (χ2n) is 6.87. The van der Waals surface area contributed by atoms with Crippen LogP contribution in [0.4, 0.5) is 0 Å². The minimum absolute atomic E-state index is 0.0844. The quantitative estimate of drug-likeness (QED) is 0.328. The van der Waals surface area contributed by atoms with Gasteiger partial charge in [-0.15, -0.1) is 0 Å². The fourth-order valence-corrected chi connectivity index (χ4v) is 3.54. The standard InChI is InChI=1S/C25H16ClN3O3/c1-16(30)32-22-13-12-19(26)14-21(22)29-25(31)20(15-27)23(17-8-4-2-5-9-17)24(28-29)18-10-6-3-7-11-18/h2-14H,1H3. The average molecular weight is 442 g/mol. The molecule has 6 nitrogen and oxygen atoms in total. The molecule has 0 spiro atoms. The van der Waals surface area contributed by atoms with E-state index in [-0.39, 0.29) is 17.0 Å². The number of benzene rings is 3. The second kappa shape index (κ2) is 8.88. The summed E-state index contributed by atoms with van der Waals surface area (Å²) in [6.45, 7) is 1.25. The van der Waals surface area contributed by atoms with Crippen LogP contribution in [0.3, 0.4) is 0 Å². The molecule has 156 valence electrons. The predicted octanol–water partition coefficient (Wildman–Crippen LogP) is 5.02. The van der Waals surface area contributed by atoms with Gasteiger partial charge >= 0.3 is 5.97 Å². The zero-order valence-electron chi connectivity index (χ0n) is 16.9. The molecular formula is C25H16ClN3O3. The molecule has 0 radical (unpaired) electrons. The predicted molar refractivity (Wildman–Crippen MR) is 122 cm³/mol. The number of ether oxygens (including phenoxy) is 1. The molecular weight excluding hydrogens is 426 g/mol. The van der Waals surface area contributed by atoms with Gasteiger partial charge in [0.25, 0.3) is 5.56 Å². The number of nitrogens with zero attached hydrogens (tertiary/aromatic N) is 3. The van der Waals surface area contributed by atoms with Crippen LogP contribution in [0.1, 0.15) is 12.5 Å². The molecule has 4 rings (SSSR count). The van der Waals surface area contributed by atoms with E-state index in [0.717, 1.165) is 4.68 Å². The Balaban J connectivity index is 2.11. The molecule has 0 aliphatic rings. The summed E-state index contributed by atoms with van der Waals surface area (Å²) in [5.74, 6) is -0.460. The highest BCUT2D eigenvalue weighted by Crippen LogP contribution is 2.33.